The van der Waals surface area contributed by atoms with E-state index in [9.17, 15) is 14.4 Å². The lowest BCUT2D eigenvalue weighted by Gasteiger charge is -2.22. The molecular formula is C22H27N5O4. The van der Waals surface area contributed by atoms with Gasteiger partial charge in [0.05, 0.1) is 24.0 Å². The average molecular weight is 425 g/mol. The summed E-state index contributed by atoms with van der Waals surface area (Å²) in [5.41, 5.74) is 2.73. The Morgan fingerprint density at radius 3 is 2.55 bits per heavy atom. The van der Waals surface area contributed by atoms with Crippen LogP contribution < -0.4 is 20.9 Å². The summed E-state index contributed by atoms with van der Waals surface area (Å²) in [5.74, 6) is -0.255. The highest BCUT2D eigenvalue weighted by Crippen LogP contribution is 2.30. The van der Waals surface area contributed by atoms with Gasteiger partial charge in [0.15, 0.2) is 0 Å². The number of urea groups is 1. The number of pyridine rings is 1. The number of carbonyl (C=O) groups is 3. The molecule has 0 radical (unpaired) electrons. The lowest BCUT2D eigenvalue weighted by Crippen LogP contribution is -2.32. The lowest BCUT2D eigenvalue weighted by atomic mass is 10.1. The molecule has 3 amide bonds. The van der Waals surface area contributed by atoms with Gasteiger partial charge < -0.3 is 25.6 Å². The van der Waals surface area contributed by atoms with Gasteiger partial charge in [0, 0.05) is 32.3 Å². The quantitative estimate of drug-likeness (QED) is 0.588. The van der Waals surface area contributed by atoms with Gasteiger partial charge in [0.2, 0.25) is 5.91 Å². The normalized spacial score (nSPS) is 12.9. The Labute approximate surface area is 181 Å². The molecule has 0 atom stereocenters. The zero-order chi connectivity index (χ0) is 22.2. The summed E-state index contributed by atoms with van der Waals surface area (Å²) in [6.45, 7) is 3.85. The van der Waals surface area contributed by atoms with E-state index in [1.165, 1.54) is 7.11 Å². The van der Waals surface area contributed by atoms with Gasteiger partial charge in [-0.1, -0.05) is 6.07 Å². The molecule has 3 N–H and O–H groups in total. The number of carbonyl (C=O) groups excluding carboxylic acids is 3. The number of amides is 3. The van der Waals surface area contributed by atoms with E-state index < -0.39 is 12.0 Å². The Morgan fingerprint density at radius 2 is 1.87 bits per heavy atom. The third kappa shape index (κ3) is 6.18. The van der Waals surface area contributed by atoms with Crippen LogP contribution in [0.15, 0.2) is 36.5 Å². The topological polar surface area (TPSA) is 113 Å². The van der Waals surface area contributed by atoms with Crippen molar-refractivity contribution in [1.29, 1.82) is 0 Å². The monoisotopic (exact) mass is 425 g/mol. The number of anilines is 3. The predicted molar refractivity (Wildman–Crippen MR) is 118 cm³/mol. The summed E-state index contributed by atoms with van der Waals surface area (Å²) < 4.78 is 4.78. The summed E-state index contributed by atoms with van der Waals surface area (Å²) in [4.78, 5) is 42.6. The van der Waals surface area contributed by atoms with Crippen LogP contribution >= 0.6 is 0 Å². The second-order valence-corrected chi connectivity index (χ2v) is 7.32. The SMILES string of the molecule is COC(=O)c1ccc(N2CCCC2)c(NC(=O)NCCC(=O)Nc2ccc(C)cn2)c1. The molecular weight excluding hydrogens is 398 g/mol. The van der Waals surface area contributed by atoms with Crippen molar-refractivity contribution in [3.63, 3.8) is 0 Å². The van der Waals surface area contributed by atoms with Crippen LogP contribution in [-0.2, 0) is 9.53 Å². The zero-order valence-electron chi connectivity index (χ0n) is 17.7. The molecule has 0 bridgehead atoms. The van der Waals surface area contributed by atoms with Crippen molar-refractivity contribution >= 4 is 35.1 Å². The minimum absolute atomic E-state index is 0.101. The molecule has 31 heavy (non-hydrogen) atoms. The fourth-order valence-corrected chi connectivity index (χ4v) is 3.32. The molecule has 164 valence electrons. The van der Waals surface area contributed by atoms with Crippen molar-refractivity contribution in [2.75, 3.05) is 42.3 Å². The minimum Gasteiger partial charge on any atom is -0.465 e. The Bertz CT molecular complexity index is 939. The summed E-state index contributed by atoms with van der Waals surface area (Å²) in [6, 6.07) is 8.23. The lowest BCUT2D eigenvalue weighted by molar-refractivity contribution is -0.116. The molecule has 9 heteroatoms. The maximum atomic E-state index is 12.4. The van der Waals surface area contributed by atoms with Gasteiger partial charge in [0.1, 0.15) is 5.82 Å². The number of benzene rings is 1. The number of methoxy groups -OCH3 is 1. The molecule has 1 aromatic carbocycles. The first-order valence-corrected chi connectivity index (χ1v) is 10.2. The summed E-state index contributed by atoms with van der Waals surface area (Å²) in [5, 5.41) is 8.15. The number of nitrogens with one attached hydrogen (secondary N) is 3. The molecule has 3 rings (SSSR count). The van der Waals surface area contributed by atoms with Gasteiger partial charge in [-0.15, -0.1) is 0 Å². The largest absolute Gasteiger partial charge is 0.465 e. The van der Waals surface area contributed by atoms with E-state index in [0.29, 0.717) is 17.1 Å². The number of nitrogens with zero attached hydrogens (tertiary/aromatic N) is 2. The Balaban J connectivity index is 1.56. The van der Waals surface area contributed by atoms with Crippen LogP contribution in [0.3, 0.4) is 0 Å². The molecule has 0 unspecified atom stereocenters. The van der Waals surface area contributed by atoms with Crippen molar-refractivity contribution in [2.45, 2.75) is 26.2 Å². The molecule has 0 spiro atoms. The number of aromatic nitrogens is 1. The fraction of sp³-hybridized carbons (Fsp3) is 0.364. The smallest absolute Gasteiger partial charge is 0.337 e. The Kier molecular flexibility index (Phi) is 7.42. The number of hydrogen-bond acceptors (Lipinski definition) is 6. The molecule has 9 nitrogen and oxygen atoms in total. The molecule has 2 heterocycles. The van der Waals surface area contributed by atoms with Crippen molar-refractivity contribution in [2.24, 2.45) is 0 Å². The highest BCUT2D eigenvalue weighted by Gasteiger charge is 2.19. The van der Waals surface area contributed by atoms with Crippen LogP contribution in [0.2, 0.25) is 0 Å². The Morgan fingerprint density at radius 1 is 1.10 bits per heavy atom. The molecule has 0 saturated carbocycles. The zero-order valence-corrected chi connectivity index (χ0v) is 17.7. The first-order chi connectivity index (χ1) is 15.0. The van der Waals surface area contributed by atoms with Gasteiger partial charge in [0.25, 0.3) is 0 Å². The number of aryl methyl sites for hydroxylation is 1. The van der Waals surface area contributed by atoms with E-state index in [-0.39, 0.29) is 18.9 Å². The van der Waals surface area contributed by atoms with Crippen molar-refractivity contribution in [3.8, 4) is 0 Å². The van der Waals surface area contributed by atoms with Gasteiger partial charge in [-0.3, -0.25) is 4.79 Å². The van der Waals surface area contributed by atoms with E-state index in [2.05, 4.69) is 25.8 Å². The third-order valence-electron chi connectivity index (χ3n) is 4.93. The highest BCUT2D eigenvalue weighted by atomic mass is 16.5. The molecule has 1 fully saturated rings. The van der Waals surface area contributed by atoms with E-state index in [4.69, 9.17) is 4.74 Å². The Hall–Kier alpha value is -3.62. The predicted octanol–water partition coefficient (Wildman–Crippen LogP) is 2.93. The summed E-state index contributed by atoms with van der Waals surface area (Å²) in [6.07, 6.45) is 3.93. The first-order valence-electron chi connectivity index (χ1n) is 10.2. The maximum absolute atomic E-state index is 12.4. The van der Waals surface area contributed by atoms with Gasteiger partial charge in [-0.05, 0) is 49.6 Å². The minimum atomic E-state index is -0.474. The van der Waals surface area contributed by atoms with Crippen LogP contribution in [0.5, 0.6) is 0 Å². The molecule has 0 aliphatic carbocycles. The molecule has 2 aromatic rings. The van der Waals surface area contributed by atoms with Crippen LogP contribution in [0.4, 0.5) is 22.0 Å². The standard InChI is InChI=1S/C22H27N5O4/c1-15-5-8-19(24-14-15)26-20(28)9-10-23-22(30)25-17-13-16(21(29)31-2)6-7-18(17)27-11-3-4-12-27/h5-8,13-14H,3-4,9-12H2,1-2H3,(H2,23,25,30)(H,24,26,28). The van der Waals surface area contributed by atoms with Crippen LogP contribution in [0, 0.1) is 6.92 Å². The molecule has 1 aliphatic rings. The number of hydrogen-bond donors (Lipinski definition) is 3. The molecule has 1 aromatic heterocycles. The van der Waals surface area contributed by atoms with Crippen molar-refractivity contribution < 1.29 is 19.1 Å². The van der Waals surface area contributed by atoms with Crippen LogP contribution in [-0.4, -0.2) is 49.6 Å². The van der Waals surface area contributed by atoms with Crippen molar-refractivity contribution in [3.05, 3.63) is 47.7 Å². The fourth-order valence-electron chi connectivity index (χ4n) is 3.32. The van der Waals surface area contributed by atoms with Gasteiger partial charge >= 0.3 is 12.0 Å². The first kappa shape index (κ1) is 22.1. The number of esters is 1. The van der Waals surface area contributed by atoms with E-state index in [1.54, 1.807) is 24.4 Å². The second-order valence-electron chi connectivity index (χ2n) is 7.32. The number of rotatable bonds is 7. The van der Waals surface area contributed by atoms with E-state index >= 15 is 0 Å². The van der Waals surface area contributed by atoms with Gasteiger partial charge in [-0.25, -0.2) is 14.6 Å². The van der Waals surface area contributed by atoms with Crippen LogP contribution in [0.1, 0.15) is 35.2 Å². The second kappa shape index (κ2) is 10.4. The average Bonchev–Trinajstić information content (AvgIpc) is 3.29. The third-order valence-corrected chi connectivity index (χ3v) is 4.93. The van der Waals surface area contributed by atoms with E-state index in [1.807, 2.05) is 19.1 Å². The summed E-state index contributed by atoms with van der Waals surface area (Å²) >= 11 is 0. The van der Waals surface area contributed by atoms with E-state index in [0.717, 1.165) is 37.2 Å². The maximum Gasteiger partial charge on any atom is 0.337 e. The highest BCUT2D eigenvalue weighted by molar-refractivity contribution is 5.98. The molecule has 1 saturated heterocycles. The van der Waals surface area contributed by atoms with Gasteiger partial charge in [-0.2, -0.15) is 0 Å². The van der Waals surface area contributed by atoms with Crippen molar-refractivity contribution in [1.82, 2.24) is 10.3 Å². The summed E-state index contributed by atoms with van der Waals surface area (Å²) in [7, 11) is 1.31. The number of ether oxygens (including phenoxy) is 1. The van der Waals surface area contributed by atoms with Crippen LogP contribution in [0.25, 0.3) is 0 Å². The molecule has 1 aliphatic heterocycles.